The zero-order valence-electron chi connectivity index (χ0n) is 12.7. The third-order valence-electron chi connectivity index (χ3n) is 5.41. The Morgan fingerprint density at radius 3 is 2.48 bits per heavy atom. The number of ether oxygens (including phenoxy) is 1. The minimum atomic E-state index is -0.727. The highest BCUT2D eigenvalue weighted by Gasteiger charge is 2.60. The molecule has 2 aliphatic rings. The fourth-order valence-corrected chi connectivity index (χ4v) is 4.26. The molecule has 3 nitrogen and oxygen atoms in total. The summed E-state index contributed by atoms with van der Waals surface area (Å²) in [5, 5.41) is 0. The molecule has 1 aromatic carbocycles. The fourth-order valence-electron chi connectivity index (χ4n) is 4.26. The van der Waals surface area contributed by atoms with Crippen molar-refractivity contribution in [2.45, 2.75) is 44.9 Å². The maximum Gasteiger partial charge on any atom is 0.150 e. The van der Waals surface area contributed by atoms with E-state index >= 15 is 0 Å². The van der Waals surface area contributed by atoms with Gasteiger partial charge in [0.2, 0.25) is 0 Å². The standard InChI is InChI=1S/C18H22O3/c1-3-12-11-15(13-6-8-14(21-2)9-7-13)18(17(12)20)10-4-5-16(18)19/h6-9,12,15H,3-5,10-11H2,1-2H3/t12-,15-,18-/m1/s1. The summed E-state index contributed by atoms with van der Waals surface area (Å²) in [6.07, 6.45) is 3.80. The Hall–Kier alpha value is -1.64. The molecule has 2 saturated carbocycles. The molecular weight excluding hydrogens is 264 g/mol. The molecular formula is C18H22O3. The van der Waals surface area contributed by atoms with E-state index in [1.165, 1.54) is 0 Å². The number of carbonyl (C=O) groups excluding carboxylic acids is 2. The zero-order chi connectivity index (χ0) is 15.0. The van der Waals surface area contributed by atoms with Crippen LogP contribution in [-0.4, -0.2) is 18.7 Å². The number of hydrogen-bond donors (Lipinski definition) is 0. The maximum atomic E-state index is 12.8. The van der Waals surface area contributed by atoms with Gasteiger partial charge in [0, 0.05) is 18.3 Å². The SMILES string of the molecule is CC[C@@H]1C[C@H](c2ccc(OC)cc2)[C@@]2(CCCC2=O)C1=O. The summed E-state index contributed by atoms with van der Waals surface area (Å²) in [6, 6.07) is 7.88. The number of carbonyl (C=O) groups is 2. The van der Waals surface area contributed by atoms with Gasteiger partial charge in [0.25, 0.3) is 0 Å². The van der Waals surface area contributed by atoms with Crippen molar-refractivity contribution in [3.8, 4) is 5.75 Å². The molecule has 2 fully saturated rings. The predicted molar refractivity (Wildman–Crippen MR) is 80.4 cm³/mol. The van der Waals surface area contributed by atoms with E-state index in [1.807, 2.05) is 31.2 Å². The number of methoxy groups -OCH3 is 1. The third kappa shape index (κ3) is 2.02. The summed E-state index contributed by atoms with van der Waals surface area (Å²) in [5.41, 5.74) is 0.380. The predicted octanol–water partition coefficient (Wildman–Crippen LogP) is 3.52. The average Bonchev–Trinajstić information content (AvgIpc) is 3.03. The van der Waals surface area contributed by atoms with E-state index in [4.69, 9.17) is 4.74 Å². The van der Waals surface area contributed by atoms with Crippen LogP contribution in [0.15, 0.2) is 24.3 Å². The van der Waals surface area contributed by atoms with Gasteiger partial charge in [0.05, 0.1) is 12.5 Å². The molecule has 112 valence electrons. The Morgan fingerprint density at radius 1 is 1.24 bits per heavy atom. The van der Waals surface area contributed by atoms with E-state index in [9.17, 15) is 9.59 Å². The van der Waals surface area contributed by atoms with Crippen molar-refractivity contribution in [2.24, 2.45) is 11.3 Å². The minimum absolute atomic E-state index is 0.0409. The van der Waals surface area contributed by atoms with Crippen molar-refractivity contribution >= 4 is 11.6 Å². The Morgan fingerprint density at radius 2 is 1.95 bits per heavy atom. The van der Waals surface area contributed by atoms with Gasteiger partial charge in [-0.05, 0) is 43.4 Å². The molecule has 3 rings (SSSR count). The smallest absolute Gasteiger partial charge is 0.150 e. The summed E-state index contributed by atoms with van der Waals surface area (Å²) in [4.78, 5) is 25.4. The first-order valence-electron chi connectivity index (χ1n) is 7.85. The van der Waals surface area contributed by atoms with E-state index < -0.39 is 5.41 Å². The number of hydrogen-bond acceptors (Lipinski definition) is 3. The lowest BCUT2D eigenvalue weighted by atomic mass is 9.71. The van der Waals surface area contributed by atoms with E-state index in [1.54, 1.807) is 7.11 Å². The topological polar surface area (TPSA) is 43.4 Å². The largest absolute Gasteiger partial charge is 0.497 e. The van der Waals surface area contributed by atoms with Crippen molar-refractivity contribution < 1.29 is 14.3 Å². The van der Waals surface area contributed by atoms with Gasteiger partial charge in [0.15, 0.2) is 0 Å². The Labute approximate surface area is 125 Å². The van der Waals surface area contributed by atoms with Crippen molar-refractivity contribution in [3.05, 3.63) is 29.8 Å². The van der Waals surface area contributed by atoms with Crippen LogP contribution in [0.1, 0.15) is 50.5 Å². The van der Waals surface area contributed by atoms with Gasteiger partial charge < -0.3 is 4.74 Å². The number of Topliss-reactive ketones (excluding diaryl/α,β-unsaturated/α-hetero) is 2. The fraction of sp³-hybridized carbons (Fsp3) is 0.556. The van der Waals surface area contributed by atoms with Crippen LogP contribution in [0.25, 0.3) is 0 Å². The van der Waals surface area contributed by atoms with Gasteiger partial charge in [-0.1, -0.05) is 19.1 Å². The summed E-state index contributed by atoms with van der Waals surface area (Å²) >= 11 is 0. The van der Waals surface area contributed by atoms with Crippen molar-refractivity contribution in [1.82, 2.24) is 0 Å². The van der Waals surface area contributed by atoms with Gasteiger partial charge >= 0.3 is 0 Å². The number of rotatable bonds is 3. The van der Waals surface area contributed by atoms with Crippen molar-refractivity contribution in [3.63, 3.8) is 0 Å². The molecule has 0 aromatic heterocycles. The summed E-state index contributed by atoms with van der Waals surface area (Å²) in [6.45, 7) is 2.05. The lowest BCUT2D eigenvalue weighted by molar-refractivity contribution is -0.138. The first-order valence-corrected chi connectivity index (χ1v) is 7.85. The maximum absolute atomic E-state index is 12.8. The van der Waals surface area contributed by atoms with Crippen LogP contribution in [-0.2, 0) is 9.59 Å². The number of benzene rings is 1. The van der Waals surface area contributed by atoms with Gasteiger partial charge in [-0.25, -0.2) is 0 Å². The molecule has 0 heterocycles. The quantitative estimate of drug-likeness (QED) is 0.799. The van der Waals surface area contributed by atoms with Gasteiger partial charge in [-0.15, -0.1) is 0 Å². The summed E-state index contributed by atoms with van der Waals surface area (Å²) in [5.74, 6) is 1.27. The third-order valence-corrected chi connectivity index (χ3v) is 5.41. The highest BCUT2D eigenvalue weighted by molar-refractivity contribution is 6.11. The average molecular weight is 286 g/mol. The van der Waals surface area contributed by atoms with Crippen LogP contribution < -0.4 is 4.74 Å². The van der Waals surface area contributed by atoms with Crippen molar-refractivity contribution in [2.75, 3.05) is 7.11 Å². The Balaban J connectivity index is 2.02. The molecule has 1 spiro atoms. The lowest BCUT2D eigenvalue weighted by Gasteiger charge is -2.28. The molecule has 3 atom stereocenters. The highest BCUT2D eigenvalue weighted by Crippen LogP contribution is 2.57. The molecule has 21 heavy (non-hydrogen) atoms. The second kappa shape index (κ2) is 5.28. The zero-order valence-corrected chi connectivity index (χ0v) is 12.7. The molecule has 0 N–H and O–H groups in total. The molecule has 2 aliphatic carbocycles. The van der Waals surface area contributed by atoms with Crippen LogP contribution in [0.3, 0.4) is 0 Å². The van der Waals surface area contributed by atoms with Gasteiger partial charge in [-0.3, -0.25) is 9.59 Å². The monoisotopic (exact) mass is 286 g/mol. The lowest BCUT2D eigenvalue weighted by Crippen LogP contribution is -2.36. The number of ketones is 2. The molecule has 1 aromatic rings. The van der Waals surface area contributed by atoms with E-state index in [0.717, 1.165) is 37.0 Å². The highest BCUT2D eigenvalue weighted by atomic mass is 16.5. The first kappa shape index (κ1) is 14.3. The van der Waals surface area contributed by atoms with Crippen molar-refractivity contribution in [1.29, 1.82) is 0 Å². The van der Waals surface area contributed by atoms with Gasteiger partial charge in [-0.2, -0.15) is 0 Å². The second-order valence-electron chi connectivity index (χ2n) is 6.28. The van der Waals surface area contributed by atoms with E-state index in [-0.39, 0.29) is 23.4 Å². The Bertz CT molecular complexity index is 560. The molecule has 0 radical (unpaired) electrons. The summed E-state index contributed by atoms with van der Waals surface area (Å²) in [7, 11) is 1.64. The normalized spacial score (nSPS) is 32.1. The van der Waals surface area contributed by atoms with Crippen LogP contribution in [0.5, 0.6) is 5.75 Å². The molecule has 0 saturated heterocycles. The van der Waals surface area contributed by atoms with Crippen LogP contribution >= 0.6 is 0 Å². The van der Waals surface area contributed by atoms with Crippen LogP contribution in [0.2, 0.25) is 0 Å². The Kier molecular flexibility index (Phi) is 3.60. The van der Waals surface area contributed by atoms with E-state index in [2.05, 4.69) is 0 Å². The van der Waals surface area contributed by atoms with Crippen LogP contribution in [0.4, 0.5) is 0 Å². The molecule has 0 unspecified atom stereocenters. The first-order chi connectivity index (χ1) is 10.1. The van der Waals surface area contributed by atoms with Gasteiger partial charge in [0.1, 0.15) is 17.3 Å². The second-order valence-corrected chi connectivity index (χ2v) is 6.28. The van der Waals surface area contributed by atoms with Crippen LogP contribution in [0, 0.1) is 11.3 Å². The molecule has 0 aliphatic heterocycles. The summed E-state index contributed by atoms with van der Waals surface area (Å²) < 4.78 is 5.20. The molecule has 3 heteroatoms. The molecule has 0 amide bonds. The molecule has 0 bridgehead atoms. The van der Waals surface area contributed by atoms with E-state index in [0.29, 0.717) is 6.42 Å². The minimum Gasteiger partial charge on any atom is -0.497 e.